The minimum absolute atomic E-state index is 0.128. The molecule has 2 heterocycles. The number of rotatable bonds is 5. The van der Waals surface area contributed by atoms with Gasteiger partial charge in [0.05, 0.1) is 17.6 Å². The van der Waals surface area contributed by atoms with Gasteiger partial charge in [0.25, 0.3) is 5.56 Å². The van der Waals surface area contributed by atoms with Crippen molar-refractivity contribution in [3.05, 3.63) is 64.7 Å². The Kier molecular flexibility index (Phi) is 4.83. The Morgan fingerprint density at radius 2 is 1.92 bits per heavy atom. The molecule has 3 aromatic rings. The van der Waals surface area contributed by atoms with Crippen LogP contribution in [0.5, 0.6) is 0 Å². The monoisotopic (exact) mass is 337 g/mol. The van der Waals surface area contributed by atoms with Crippen LogP contribution in [0.25, 0.3) is 10.9 Å². The second kappa shape index (κ2) is 7.21. The summed E-state index contributed by atoms with van der Waals surface area (Å²) in [4.78, 5) is 29.6. The number of nitrogens with zero attached hydrogens (tertiary/aromatic N) is 4. The van der Waals surface area contributed by atoms with Crippen molar-refractivity contribution in [2.45, 2.75) is 26.4 Å². The van der Waals surface area contributed by atoms with Crippen molar-refractivity contribution in [1.82, 2.24) is 25.3 Å². The van der Waals surface area contributed by atoms with Gasteiger partial charge >= 0.3 is 0 Å². The Bertz CT molecular complexity index is 937. The number of pyridine rings is 1. The maximum Gasteiger partial charge on any atom is 0.278 e. The lowest BCUT2D eigenvalue weighted by molar-refractivity contribution is -0.126. The number of carbonyl (C=O) groups excluding carboxylic acids is 1. The van der Waals surface area contributed by atoms with E-state index >= 15 is 0 Å². The SMILES string of the molecule is CC(C)[C@H](C(=O)NCc1ccccn1)n1nnc2ccccc2c1=O. The van der Waals surface area contributed by atoms with Crippen LogP contribution in [0.4, 0.5) is 0 Å². The fourth-order valence-corrected chi connectivity index (χ4v) is 2.67. The third-order valence-electron chi connectivity index (χ3n) is 3.92. The second-order valence-electron chi connectivity index (χ2n) is 6.08. The molecule has 1 atom stereocenters. The first kappa shape index (κ1) is 16.8. The molecule has 1 N–H and O–H groups in total. The van der Waals surface area contributed by atoms with E-state index < -0.39 is 6.04 Å². The number of nitrogens with one attached hydrogen (secondary N) is 1. The number of aromatic nitrogens is 4. The first-order valence-corrected chi connectivity index (χ1v) is 8.10. The summed E-state index contributed by atoms with van der Waals surface area (Å²) >= 11 is 0. The van der Waals surface area contributed by atoms with Gasteiger partial charge in [0.2, 0.25) is 5.91 Å². The average molecular weight is 337 g/mol. The summed E-state index contributed by atoms with van der Waals surface area (Å²) in [6, 6.07) is 11.7. The van der Waals surface area contributed by atoms with Crippen LogP contribution in [0, 0.1) is 5.92 Å². The highest BCUT2D eigenvalue weighted by Crippen LogP contribution is 2.16. The van der Waals surface area contributed by atoms with Gasteiger partial charge in [-0.3, -0.25) is 14.6 Å². The van der Waals surface area contributed by atoms with Crippen LogP contribution in [0.3, 0.4) is 0 Å². The summed E-state index contributed by atoms with van der Waals surface area (Å²) in [6.45, 7) is 4.03. The van der Waals surface area contributed by atoms with E-state index in [1.165, 1.54) is 4.68 Å². The molecule has 0 bridgehead atoms. The number of benzene rings is 1. The van der Waals surface area contributed by atoms with Crippen molar-refractivity contribution in [2.75, 3.05) is 0 Å². The second-order valence-corrected chi connectivity index (χ2v) is 6.08. The molecule has 7 heteroatoms. The molecule has 25 heavy (non-hydrogen) atoms. The summed E-state index contributed by atoms with van der Waals surface area (Å²) in [5, 5.41) is 11.3. The minimum atomic E-state index is -0.742. The molecule has 0 saturated heterocycles. The molecule has 7 nitrogen and oxygen atoms in total. The zero-order chi connectivity index (χ0) is 17.8. The molecule has 1 aromatic carbocycles. The zero-order valence-electron chi connectivity index (χ0n) is 14.1. The summed E-state index contributed by atoms with van der Waals surface area (Å²) in [6.07, 6.45) is 1.67. The highest BCUT2D eigenvalue weighted by Gasteiger charge is 2.27. The van der Waals surface area contributed by atoms with Crippen molar-refractivity contribution < 1.29 is 4.79 Å². The Morgan fingerprint density at radius 1 is 1.16 bits per heavy atom. The smallest absolute Gasteiger partial charge is 0.278 e. The molecular weight excluding hydrogens is 318 g/mol. The maximum atomic E-state index is 12.7. The van der Waals surface area contributed by atoms with E-state index in [1.807, 2.05) is 32.0 Å². The number of carbonyl (C=O) groups is 1. The van der Waals surface area contributed by atoms with E-state index in [-0.39, 0.29) is 17.4 Å². The molecule has 0 unspecified atom stereocenters. The van der Waals surface area contributed by atoms with E-state index in [9.17, 15) is 9.59 Å². The van der Waals surface area contributed by atoms with Gasteiger partial charge in [-0.1, -0.05) is 37.3 Å². The molecule has 0 spiro atoms. The molecule has 0 aliphatic heterocycles. The average Bonchev–Trinajstić information content (AvgIpc) is 2.63. The fraction of sp³-hybridized carbons (Fsp3) is 0.278. The van der Waals surface area contributed by atoms with Crippen LogP contribution in [0.15, 0.2) is 53.5 Å². The standard InChI is InChI=1S/C18H19N5O2/c1-12(2)16(17(24)20-11-13-7-5-6-10-19-13)23-18(25)14-8-3-4-9-15(14)21-22-23/h3-10,12,16H,11H2,1-2H3,(H,20,24)/t16-/m1/s1. The van der Waals surface area contributed by atoms with Crippen molar-refractivity contribution in [2.24, 2.45) is 5.92 Å². The zero-order valence-corrected chi connectivity index (χ0v) is 14.1. The van der Waals surface area contributed by atoms with Gasteiger partial charge in [-0.25, -0.2) is 0 Å². The van der Waals surface area contributed by atoms with Crippen LogP contribution >= 0.6 is 0 Å². The van der Waals surface area contributed by atoms with E-state index in [0.29, 0.717) is 17.4 Å². The van der Waals surface area contributed by atoms with Crippen molar-refractivity contribution >= 4 is 16.8 Å². The van der Waals surface area contributed by atoms with Crippen molar-refractivity contribution in [3.63, 3.8) is 0 Å². The van der Waals surface area contributed by atoms with E-state index in [0.717, 1.165) is 5.69 Å². The fourth-order valence-electron chi connectivity index (χ4n) is 2.67. The number of hydrogen-bond donors (Lipinski definition) is 1. The lowest BCUT2D eigenvalue weighted by Gasteiger charge is -2.21. The molecule has 128 valence electrons. The lowest BCUT2D eigenvalue weighted by Crippen LogP contribution is -2.41. The molecular formula is C18H19N5O2. The number of fused-ring (bicyclic) bond motifs is 1. The normalized spacial score (nSPS) is 12.3. The third-order valence-corrected chi connectivity index (χ3v) is 3.92. The van der Waals surface area contributed by atoms with Gasteiger partial charge < -0.3 is 5.32 Å². The van der Waals surface area contributed by atoms with Crippen LogP contribution < -0.4 is 10.9 Å². The van der Waals surface area contributed by atoms with E-state index in [1.54, 1.807) is 30.5 Å². The van der Waals surface area contributed by atoms with Gasteiger partial charge in [-0.15, -0.1) is 5.10 Å². The number of hydrogen-bond acceptors (Lipinski definition) is 5. The lowest BCUT2D eigenvalue weighted by atomic mass is 10.0. The van der Waals surface area contributed by atoms with Crippen LogP contribution in [-0.4, -0.2) is 25.9 Å². The quantitative estimate of drug-likeness (QED) is 0.765. The summed E-state index contributed by atoms with van der Waals surface area (Å²) in [7, 11) is 0. The Labute approximate surface area is 144 Å². The molecule has 0 saturated carbocycles. The van der Waals surface area contributed by atoms with Gasteiger partial charge in [0.1, 0.15) is 11.6 Å². The maximum absolute atomic E-state index is 12.7. The van der Waals surface area contributed by atoms with Crippen molar-refractivity contribution in [3.8, 4) is 0 Å². The van der Waals surface area contributed by atoms with Crippen molar-refractivity contribution in [1.29, 1.82) is 0 Å². The van der Waals surface area contributed by atoms with Gasteiger partial charge in [0, 0.05) is 6.20 Å². The molecule has 0 fully saturated rings. The van der Waals surface area contributed by atoms with E-state index in [2.05, 4.69) is 20.6 Å². The topological polar surface area (TPSA) is 89.8 Å². The highest BCUT2D eigenvalue weighted by atomic mass is 16.2. The Hall–Kier alpha value is -3.09. The summed E-state index contributed by atoms with van der Waals surface area (Å²) < 4.78 is 1.17. The minimum Gasteiger partial charge on any atom is -0.349 e. The molecule has 3 rings (SSSR count). The predicted octanol–water partition coefficient (Wildman–Crippen LogP) is 1.70. The first-order valence-electron chi connectivity index (χ1n) is 8.10. The van der Waals surface area contributed by atoms with Crippen LogP contribution in [0.2, 0.25) is 0 Å². The predicted molar refractivity (Wildman–Crippen MR) is 93.8 cm³/mol. The Balaban J connectivity index is 1.89. The summed E-state index contributed by atoms with van der Waals surface area (Å²) in [5.41, 5.74) is 0.938. The molecule has 0 aliphatic carbocycles. The van der Waals surface area contributed by atoms with Gasteiger partial charge in [-0.05, 0) is 30.2 Å². The molecule has 2 aromatic heterocycles. The van der Waals surface area contributed by atoms with Crippen LogP contribution in [0.1, 0.15) is 25.6 Å². The third kappa shape index (κ3) is 3.55. The van der Waals surface area contributed by atoms with Crippen LogP contribution in [-0.2, 0) is 11.3 Å². The molecule has 0 aliphatic rings. The summed E-state index contributed by atoms with van der Waals surface area (Å²) in [5.74, 6) is -0.413. The molecule has 1 amide bonds. The van der Waals surface area contributed by atoms with Gasteiger partial charge in [-0.2, -0.15) is 4.68 Å². The molecule has 0 radical (unpaired) electrons. The van der Waals surface area contributed by atoms with E-state index in [4.69, 9.17) is 0 Å². The highest BCUT2D eigenvalue weighted by molar-refractivity contribution is 5.81. The first-order chi connectivity index (χ1) is 12.1. The number of amides is 1. The van der Waals surface area contributed by atoms with Gasteiger partial charge in [0.15, 0.2) is 0 Å². The Morgan fingerprint density at radius 3 is 2.64 bits per heavy atom. The largest absolute Gasteiger partial charge is 0.349 e.